The molecular formula is C20H28ClN7. The van der Waals surface area contributed by atoms with Gasteiger partial charge in [-0.1, -0.05) is 17.7 Å². The molecule has 1 N–H and O–H groups in total. The topological polar surface area (TPSA) is 60.4 Å². The summed E-state index contributed by atoms with van der Waals surface area (Å²) in [6.07, 6.45) is 5.88. The van der Waals surface area contributed by atoms with Crippen LogP contribution in [0.5, 0.6) is 0 Å². The number of piperazine rings is 1. The molecule has 0 radical (unpaired) electrons. The first-order chi connectivity index (χ1) is 13.7. The van der Waals surface area contributed by atoms with E-state index < -0.39 is 0 Å². The number of nitrogens with one attached hydrogen (secondary N) is 1. The summed E-state index contributed by atoms with van der Waals surface area (Å²) < 4.78 is 0. The lowest BCUT2D eigenvalue weighted by molar-refractivity contribution is 0.205. The van der Waals surface area contributed by atoms with Crippen LogP contribution in [0.1, 0.15) is 12.8 Å². The van der Waals surface area contributed by atoms with Crippen LogP contribution in [0.4, 0.5) is 17.3 Å². The molecule has 2 aliphatic rings. The fourth-order valence-corrected chi connectivity index (χ4v) is 4.50. The van der Waals surface area contributed by atoms with Crippen LogP contribution in [0.15, 0.2) is 30.7 Å². The normalized spacial score (nSPS) is 21.0. The predicted molar refractivity (Wildman–Crippen MR) is 114 cm³/mol. The van der Waals surface area contributed by atoms with Crippen LogP contribution in [-0.2, 0) is 0 Å². The van der Waals surface area contributed by atoms with Crippen LogP contribution in [0.25, 0.3) is 0 Å². The molecule has 0 aromatic carbocycles. The van der Waals surface area contributed by atoms with Crippen molar-refractivity contribution in [1.29, 1.82) is 0 Å². The third-order valence-electron chi connectivity index (χ3n) is 5.71. The molecule has 7 nitrogen and oxygen atoms in total. The lowest BCUT2D eigenvalue weighted by Gasteiger charge is -2.40. The number of hydrogen-bond acceptors (Lipinski definition) is 7. The molecule has 2 aromatic heterocycles. The minimum Gasteiger partial charge on any atom is -0.383 e. The third kappa shape index (κ3) is 4.31. The number of hydrogen-bond donors (Lipinski definition) is 1. The maximum atomic E-state index is 6.25. The van der Waals surface area contributed by atoms with E-state index in [0.717, 1.165) is 63.1 Å². The van der Waals surface area contributed by atoms with Crippen molar-refractivity contribution in [2.75, 3.05) is 68.0 Å². The molecular weight excluding hydrogens is 374 g/mol. The van der Waals surface area contributed by atoms with E-state index in [2.05, 4.69) is 47.1 Å². The second kappa shape index (κ2) is 8.92. The molecule has 1 unspecified atom stereocenters. The van der Waals surface area contributed by atoms with Crippen LogP contribution in [-0.4, -0.2) is 72.7 Å². The summed E-state index contributed by atoms with van der Waals surface area (Å²) in [7, 11) is 1.87. The Labute approximate surface area is 171 Å². The fraction of sp³-hybridized carbons (Fsp3) is 0.550. The Morgan fingerprint density at radius 3 is 2.68 bits per heavy atom. The molecule has 2 aliphatic heterocycles. The molecule has 150 valence electrons. The highest BCUT2D eigenvalue weighted by atomic mass is 35.5. The van der Waals surface area contributed by atoms with Crippen LogP contribution in [0.3, 0.4) is 0 Å². The molecule has 0 saturated carbocycles. The zero-order valence-corrected chi connectivity index (χ0v) is 17.1. The van der Waals surface area contributed by atoms with E-state index in [-0.39, 0.29) is 0 Å². The van der Waals surface area contributed by atoms with Gasteiger partial charge < -0.3 is 15.1 Å². The van der Waals surface area contributed by atoms with Crippen molar-refractivity contribution < 1.29 is 0 Å². The highest BCUT2D eigenvalue weighted by Crippen LogP contribution is 2.32. The van der Waals surface area contributed by atoms with Crippen LogP contribution < -0.4 is 15.1 Å². The Hall–Kier alpha value is -2.12. The van der Waals surface area contributed by atoms with Crippen molar-refractivity contribution in [1.82, 2.24) is 19.9 Å². The molecule has 28 heavy (non-hydrogen) atoms. The zero-order valence-electron chi connectivity index (χ0n) is 16.4. The molecule has 1 atom stereocenters. The van der Waals surface area contributed by atoms with Crippen molar-refractivity contribution in [3.63, 3.8) is 0 Å². The molecule has 4 rings (SSSR count). The molecule has 0 spiro atoms. The van der Waals surface area contributed by atoms with E-state index in [4.69, 9.17) is 11.6 Å². The SMILES string of the molecule is CNc1c(Cl)ncnc1N1CCCC(CN2CCN(c3ccccn3)CC2)C1. The maximum Gasteiger partial charge on any atom is 0.157 e. The Morgan fingerprint density at radius 1 is 1.07 bits per heavy atom. The highest BCUT2D eigenvalue weighted by molar-refractivity contribution is 6.32. The molecule has 4 heterocycles. The average Bonchev–Trinajstić information content (AvgIpc) is 2.75. The van der Waals surface area contributed by atoms with Crippen LogP contribution in [0.2, 0.25) is 5.15 Å². The van der Waals surface area contributed by atoms with Gasteiger partial charge in [0.15, 0.2) is 11.0 Å². The Morgan fingerprint density at radius 2 is 1.93 bits per heavy atom. The molecule has 0 amide bonds. The quantitative estimate of drug-likeness (QED) is 0.772. The standard InChI is InChI=1S/C20H28ClN7/c1-22-18-19(21)24-15-25-20(18)28-8-4-5-16(14-28)13-26-9-11-27(12-10-26)17-6-2-3-7-23-17/h2-3,6-7,15-16,22H,4-5,8-14H2,1H3. The van der Waals surface area contributed by atoms with E-state index in [1.165, 1.54) is 12.8 Å². The molecule has 2 aromatic rings. The summed E-state index contributed by atoms with van der Waals surface area (Å²) in [5, 5.41) is 3.64. The molecule has 0 aliphatic carbocycles. The Bertz CT molecular complexity index is 764. The first-order valence-corrected chi connectivity index (χ1v) is 10.4. The second-order valence-corrected chi connectivity index (χ2v) is 7.90. The number of rotatable bonds is 5. The number of pyridine rings is 1. The van der Waals surface area contributed by atoms with Gasteiger partial charge >= 0.3 is 0 Å². The number of piperidine rings is 1. The van der Waals surface area contributed by atoms with E-state index in [9.17, 15) is 0 Å². The highest BCUT2D eigenvalue weighted by Gasteiger charge is 2.27. The number of nitrogens with zero attached hydrogens (tertiary/aromatic N) is 6. The minimum absolute atomic E-state index is 0.486. The average molecular weight is 402 g/mol. The van der Waals surface area contributed by atoms with Gasteiger partial charge in [0.25, 0.3) is 0 Å². The predicted octanol–water partition coefficient (Wildman–Crippen LogP) is 2.61. The molecule has 8 heteroatoms. The maximum absolute atomic E-state index is 6.25. The summed E-state index contributed by atoms with van der Waals surface area (Å²) in [5.41, 5.74) is 0.828. The first-order valence-electron chi connectivity index (χ1n) is 10.1. The van der Waals surface area contributed by atoms with Gasteiger partial charge in [0.05, 0.1) is 0 Å². The third-order valence-corrected chi connectivity index (χ3v) is 6.00. The van der Waals surface area contributed by atoms with Gasteiger partial charge in [-0.2, -0.15) is 0 Å². The summed E-state index contributed by atoms with van der Waals surface area (Å²) in [6.45, 7) is 7.44. The van der Waals surface area contributed by atoms with E-state index in [0.29, 0.717) is 11.1 Å². The van der Waals surface area contributed by atoms with Gasteiger partial charge in [-0.05, 0) is 30.9 Å². The van der Waals surface area contributed by atoms with Crippen molar-refractivity contribution in [3.05, 3.63) is 35.9 Å². The number of aromatic nitrogens is 3. The molecule has 2 saturated heterocycles. The number of halogens is 1. The summed E-state index contributed by atoms with van der Waals surface area (Å²) in [5.74, 6) is 2.66. The van der Waals surface area contributed by atoms with Gasteiger partial charge in [-0.15, -0.1) is 0 Å². The van der Waals surface area contributed by atoms with Crippen LogP contribution >= 0.6 is 11.6 Å². The van der Waals surface area contributed by atoms with Gasteiger partial charge in [-0.3, -0.25) is 4.90 Å². The van der Waals surface area contributed by atoms with Gasteiger partial charge in [-0.25, -0.2) is 15.0 Å². The number of anilines is 3. The van der Waals surface area contributed by atoms with Crippen LogP contribution in [0, 0.1) is 5.92 Å². The fourth-order valence-electron chi connectivity index (χ4n) is 4.28. The second-order valence-electron chi connectivity index (χ2n) is 7.54. The van der Waals surface area contributed by atoms with E-state index in [1.54, 1.807) is 6.33 Å². The minimum atomic E-state index is 0.486. The Balaban J connectivity index is 1.33. The lowest BCUT2D eigenvalue weighted by Crippen LogP contribution is -2.50. The van der Waals surface area contributed by atoms with E-state index >= 15 is 0 Å². The van der Waals surface area contributed by atoms with E-state index in [1.807, 2.05) is 19.3 Å². The van der Waals surface area contributed by atoms with Crippen molar-refractivity contribution in [2.24, 2.45) is 5.92 Å². The zero-order chi connectivity index (χ0) is 19.3. The lowest BCUT2D eigenvalue weighted by atomic mass is 9.97. The van der Waals surface area contributed by atoms with Gasteiger partial charge in [0.2, 0.25) is 0 Å². The molecule has 0 bridgehead atoms. The summed E-state index contributed by atoms with van der Waals surface area (Å²) >= 11 is 6.25. The van der Waals surface area contributed by atoms with Crippen molar-refractivity contribution in [3.8, 4) is 0 Å². The van der Waals surface area contributed by atoms with Crippen molar-refractivity contribution >= 4 is 28.9 Å². The van der Waals surface area contributed by atoms with Crippen molar-refractivity contribution in [2.45, 2.75) is 12.8 Å². The summed E-state index contributed by atoms with van der Waals surface area (Å²) in [4.78, 5) is 20.4. The Kier molecular flexibility index (Phi) is 6.12. The smallest absolute Gasteiger partial charge is 0.157 e. The summed E-state index contributed by atoms with van der Waals surface area (Å²) in [6, 6.07) is 6.13. The monoisotopic (exact) mass is 401 g/mol. The first kappa shape index (κ1) is 19.2. The van der Waals surface area contributed by atoms with Gasteiger partial charge in [0, 0.05) is 59.1 Å². The van der Waals surface area contributed by atoms with Gasteiger partial charge in [0.1, 0.15) is 17.8 Å². The largest absolute Gasteiger partial charge is 0.383 e. The molecule has 2 fully saturated rings.